The minimum absolute atomic E-state index is 0.00925. The second-order valence-electron chi connectivity index (χ2n) is 8.84. The van der Waals surface area contributed by atoms with E-state index in [1.807, 2.05) is 12.1 Å². The van der Waals surface area contributed by atoms with Crippen molar-refractivity contribution < 1.29 is 18.7 Å². The molecule has 3 aromatic heterocycles. The SMILES string of the molecule is CCC(=O)c1cn(CC(F)CCc2ccc(NC(=O)Cc3cc(C4CCOCC4)ccn3)nn2)nn1. The molecule has 0 aliphatic carbocycles. The highest BCUT2D eigenvalue weighted by Gasteiger charge is 2.17. The number of hydrogen-bond acceptors (Lipinski definition) is 8. The second kappa shape index (κ2) is 12.4. The van der Waals surface area contributed by atoms with Crippen LogP contribution in [0, 0.1) is 0 Å². The minimum Gasteiger partial charge on any atom is -0.381 e. The quantitative estimate of drug-likeness (QED) is 0.402. The van der Waals surface area contributed by atoms with Crippen LogP contribution in [0.5, 0.6) is 0 Å². The topological polar surface area (TPSA) is 125 Å². The zero-order valence-corrected chi connectivity index (χ0v) is 20.3. The maximum Gasteiger partial charge on any atom is 0.231 e. The van der Waals surface area contributed by atoms with Gasteiger partial charge in [0.1, 0.15) is 11.9 Å². The molecule has 1 amide bonds. The Balaban J connectivity index is 1.23. The molecule has 0 saturated carbocycles. The molecule has 1 aliphatic rings. The highest BCUT2D eigenvalue weighted by atomic mass is 19.1. The van der Waals surface area contributed by atoms with Crippen LogP contribution in [-0.4, -0.2) is 61.3 Å². The van der Waals surface area contributed by atoms with Gasteiger partial charge in [0.05, 0.1) is 24.9 Å². The predicted octanol–water partition coefficient (Wildman–Crippen LogP) is 3.10. The first-order valence-electron chi connectivity index (χ1n) is 12.2. The second-order valence-corrected chi connectivity index (χ2v) is 8.84. The van der Waals surface area contributed by atoms with E-state index in [-0.39, 0.29) is 36.8 Å². The van der Waals surface area contributed by atoms with E-state index in [1.165, 1.54) is 16.4 Å². The third kappa shape index (κ3) is 7.20. The van der Waals surface area contributed by atoms with E-state index in [0.717, 1.165) is 26.1 Å². The highest BCUT2D eigenvalue weighted by Crippen LogP contribution is 2.26. The van der Waals surface area contributed by atoms with Crippen LogP contribution >= 0.6 is 0 Å². The molecule has 0 bridgehead atoms. The standard InChI is InChI=1S/C25H30FN7O3/c1-2-23(34)22-16-33(32-30-22)15-19(26)3-4-20-5-6-24(31-29-20)28-25(35)14-21-13-18(7-10-27-21)17-8-11-36-12-9-17/h5-7,10,13,16-17,19H,2-4,8-9,11-12,14-15H2,1H3,(H,28,31,35). The van der Waals surface area contributed by atoms with Crippen molar-refractivity contribution in [1.82, 2.24) is 30.2 Å². The number of alkyl halides is 1. The predicted molar refractivity (Wildman–Crippen MR) is 129 cm³/mol. The summed E-state index contributed by atoms with van der Waals surface area (Å²) in [5, 5.41) is 18.5. The summed E-state index contributed by atoms with van der Waals surface area (Å²) in [6.45, 7) is 3.26. The summed E-state index contributed by atoms with van der Waals surface area (Å²) < 4.78 is 21.1. The van der Waals surface area contributed by atoms with Gasteiger partial charge >= 0.3 is 0 Å². The number of aromatic nitrogens is 6. The zero-order chi connectivity index (χ0) is 25.3. The van der Waals surface area contributed by atoms with Crippen molar-refractivity contribution in [1.29, 1.82) is 0 Å². The maximum atomic E-state index is 14.4. The van der Waals surface area contributed by atoms with E-state index in [1.54, 1.807) is 25.3 Å². The number of Topliss-reactive ketones (excluding diaryl/α,β-unsaturated/α-hetero) is 1. The largest absolute Gasteiger partial charge is 0.381 e. The number of ether oxygens (including phenoxy) is 1. The Labute approximate surface area is 208 Å². The molecule has 4 rings (SSSR count). The van der Waals surface area contributed by atoms with Crippen LogP contribution in [0.1, 0.15) is 66.0 Å². The minimum atomic E-state index is -1.18. The molecule has 0 radical (unpaired) electrons. The van der Waals surface area contributed by atoms with Crippen molar-refractivity contribution in [3.05, 3.63) is 59.3 Å². The highest BCUT2D eigenvalue weighted by molar-refractivity contribution is 5.93. The summed E-state index contributed by atoms with van der Waals surface area (Å²) in [6, 6.07) is 7.35. The lowest BCUT2D eigenvalue weighted by Gasteiger charge is -2.22. The lowest BCUT2D eigenvalue weighted by atomic mass is 9.92. The number of anilines is 1. The first-order valence-corrected chi connectivity index (χ1v) is 12.2. The van der Waals surface area contributed by atoms with Crippen LogP contribution in [0.2, 0.25) is 0 Å². The Morgan fingerprint density at radius 2 is 2.00 bits per heavy atom. The van der Waals surface area contributed by atoms with Crippen LogP contribution in [0.25, 0.3) is 0 Å². The summed E-state index contributed by atoms with van der Waals surface area (Å²) in [5.74, 6) is 0.409. The van der Waals surface area contributed by atoms with Gasteiger partial charge in [-0.1, -0.05) is 12.1 Å². The van der Waals surface area contributed by atoms with Crippen molar-refractivity contribution in [2.45, 2.75) is 64.1 Å². The normalized spacial score (nSPS) is 14.9. The third-order valence-electron chi connectivity index (χ3n) is 6.11. The van der Waals surface area contributed by atoms with Gasteiger partial charge in [-0.25, -0.2) is 9.07 Å². The van der Waals surface area contributed by atoms with Gasteiger partial charge in [-0.05, 0) is 61.4 Å². The summed E-state index contributed by atoms with van der Waals surface area (Å²) in [4.78, 5) is 28.4. The van der Waals surface area contributed by atoms with E-state index in [4.69, 9.17) is 4.74 Å². The Bertz CT molecular complexity index is 1160. The first-order chi connectivity index (χ1) is 17.5. The van der Waals surface area contributed by atoms with E-state index < -0.39 is 6.17 Å². The number of ketones is 1. The number of nitrogens with one attached hydrogen (secondary N) is 1. The van der Waals surface area contributed by atoms with Crippen LogP contribution in [0.3, 0.4) is 0 Å². The Hall–Kier alpha value is -3.60. The lowest BCUT2D eigenvalue weighted by Crippen LogP contribution is -2.18. The van der Waals surface area contributed by atoms with Crippen molar-refractivity contribution in [3.8, 4) is 0 Å². The molecular weight excluding hydrogens is 465 g/mol. The van der Waals surface area contributed by atoms with Gasteiger partial charge in [0.2, 0.25) is 5.91 Å². The van der Waals surface area contributed by atoms with E-state index in [2.05, 4.69) is 30.8 Å². The molecule has 11 heteroatoms. The lowest BCUT2D eigenvalue weighted by molar-refractivity contribution is -0.115. The fraction of sp³-hybridized carbons (Fsp3) is 0.480. The number of aryl methyl sites for hydroxylation is 1. The average molecular weight is 496 g/mol. The Morgan fingerprint density at radius 1 is 1.17 bits per heavy atom. The van der Waals surface area contributed by atoms with Crippen molar-refractivity contribution in [2.75, 3.05) is 18.5 Å². The van der Waals surface area contributed by atoms with Crippen molar-refractivity contribution in [3.63, 3.8) is 0 Å². The molecule has 3 aromatic rings. The van der Waals surface area contributed by atoms with E-state index in [0.29, 0.717) is 36.0 Å². The molecule has 1 atom stereocenters. The molecule has 1 saturated heterocycles. The third-order valence-corrected chi connectivity index (χ3v) is 6.11. The molecule has 190 valence electrons. The molecular formula is C25H30FN7O3. The number of amides is 1. The monoisotopic (exact) mass is 495 g/mol. The molecule has 1 aliphatic heterocycles. The molecule has 0 spiro atoms. The molecule has 36 heavy (non-hydrogen) atoms. The molecule has 1 fully saturated rings. The molecule has 10 nitrogen and oxygen atoms in total. The Kier molecular flexibility index (Phi) is 8.77. The van der Waals surface area contributed by atoms with E-state index >= 15 is 0 Å². The fourth-order valence-electron chi connectivity index (χ4n) is 4.09. The number of carbonyl (C=O) groups is 2. The maximum absolute atomic E-state index is 14.4. The summed E-state index contributed by atoms with van der Waals surface area (Å²) in [5.41, 5.74) is 2.75. The van der Waals surface area contributed by atoms with Gasteiger partial charge in [0.25, 0.3) is 0 Å². The van der Waals surface area contributed by atoms with Gasteiger partial charge < -0.3 is 10.1 Å². The summed E-state index contributed by atoms with van der Waals surface area (Å²) in [7, 11) is 0. The van der Waals surface area contributed by atoms with Gasteiger partial charge in [-0.15, -0.1) is 10.2 Å². The van der Waals surface area contributed by atoms with Crippen LogP contribution in [0.4, 0.5) is 10.2 Å². The van der Waals surface area contributed by atoms with Crippen molar-refractivity contribution >= 4 is 17.5 Å². The summed E-state index contributed by atoms with van der Waals surface area (Å²) in [6.07, 6.45) is 5.03. The zero-order valence-electron chi connectivity index (χ0n) is 20.3. The number of pyridine rings is 1. The van der Waals surface area contributed by atoms with Gasteiger partial charge in [-0.3, -0.25) is 14.6 Å². The average Bonchev–Trinajstić information content (AvgIpc) is 3.37. The fourth-order valence-corrected chi connectivity index (χ4v) is 4.09. The number of rotatable bonds is 11. The number of nitrogens with zero attached hydrogens (tertiary/aromatic N) is 6. The smallest absolute Gasteiger partial charge is 0.231 e. The molecule has 4 heterocycles. The van der Waals surface area contributed by atoms with Crippen LogP contribution < -0.4 is 5.32 Å². The van der Waals surface area contributed by atoms with Crippen LogP contribution in [-0.2, 0) is 28.9 Å². The van der Waals surface area contributed by atoms with Crippen LogP contribution in [0.15, 0.2) is 36.7 Å². The van der Waals surface area contributed by atoms with Crippen molar-refractivity contribution in [2.24, 2.45) is 0 Å². The number of carbonyl (C=O) groups excluding carboxylic acids is 2. The van der Waals surface area contributed by atoms with E-state index in [9.17, 15) is 14.0 Å². The first kappa shape index (κ1) is 25.5. The molecule has 1 unspecified atom stereocenters. The van der Waals surface area contributed by atoms with Gasteiger partial charge in [0, 0.05) is 31.5 Å². The Morgan fingerprint density at radius 3 is 2.75 bits per heavy atom. The number of halogens is 1. The number of hydrogen-bond donors (Lipinski definition) is 1. The van der Waals surface area contributed by atoms with Gasteiger partial charge in [0.15, 0.2) is 11.6 Å². The molecule has 1 N–H and O–H groups in total. The summed E-state index contributed by atoms with van der Waals surface area (Å²) >= 11 is 0. The molecule has 0 aromatic carbocycles. The van der Waals surface area contributed by atoms with Gasteiger partial charge in [-0.2, -0.15) is 5.10 Å².